The van der Waals surface area contributed by atoms with E-state index in [9.17, 15) is 8.42 Å². The van der Waals surface area contributed by atoms with Crippen LogP contribution in [-0.4, -0.2) is 51.7 Å². The topological polar surface area (TPSA) is 65.1 Å². The van der Waals surface area contributed by atoms with Crippen LogP contribution in [0.2, 0.25) is 10.0 Å². The van der Waals surface area contributed by atoms with Gasteiger partial charge in [0, 0.05) is 23.7 Å². The number of hydrogen-bond acceptors (Lipinski definition) is 6. The summed E-state index contributed by atoms with van der Waals surface area (Å²) in [7, 11) is -2.72. The molecule has 0 unspecified atom stereocenters. The average molecular weight is 462 g/mol. The number of ether oxygens (including phenoxy) is 2. The van der Waals surface area contributed by atoms with Gasteiger partial charge < -0.3 is 18.6 Å². The van der Waals surface area contributed by atoms with Crippen molar-refractivity contribution in [3.63, 3.8) is 0 Å². The number of thiocarbonyl (C=S) groups is 1. The molecule has 0 aliphatic carbocycles. The molecule has 0 N–H and O–H groups in total. The number of nitrogens with zero attached hydrogens (tertiary/aromatic N) is 1. The fraction of sp³-hybridized carbons (Fsp3) is 0.278. The van der Waals surface area contributed by atoms with Crippen LogP contribution in [0.3, 0.4) is 0 Å². The summed E-state index contributed by atoms with van der Waals surface area (Å²) in [5.74, 6) is 0.0586. The Morgan fingerprint density at radius 2 is 1.79 bits per heavy atom. The van der Waals surface area contributed by atoms with Gasteiger partial charge in [0.05, 0.1) is 25.3 Å². The summed E-state index contributed by atoms with van der Waals surface area (Å²) >= 11 is 17.7. The molecule has 2 aromatic carbocycles. The standard InChI is InChI=1S/C18H17Cl2NO5S2/c1-24-16-11-12(18(27)21-6-8-25-9-7-21)10-15(20)17(16)26-28(22,23)14-4-2-13(19)3-5-14/h2-5,10-11H,6-9H2,1H3. The van der Waals surface area contributed by atoms with Gasteiger partial charge in [-0.3, -0.25) is 0 Å². The Hall–Kier alpha value is -1.58. The molecule has 0 bridgehead atoms. The van der Waals surface area contributed by atoms with E-state index >= 15 is 0 Å². The zero-order valence-corrected chi connectivity index (χ0v) is 18.0. The zero-order valence-electron chi connectivity index (χ0n) is 14.9. The number of rotatable bonds is 5. The maximum Gasteiger partial charge on any atom is 0.339 e. The average Bonchev–Trinajstić information content (AvgIpc) is 2.69. The van der Waals surface area contributed by atoms with E-state index in [1.165, 1.54) is 31.4 Å². The molecular formula is C18H17Cl2NO5S2. The van der Waals surface area contributed by atoms with E-state index in [0.29, 0.717) is 41.9 Å². The smallest absolute Gasteiger partial charge is 0.339 e. The molecule has 150 valence electrons. The second kappa shape index (κ2) is 8.84. The summed E-state index contributed by atoms with van der Waals surface area (Å²) in [5.41, 5.74) is 0.634. The number of halogens is 2. The second-order valence-corrected chi connectivity index (χ2v) is 8.66. The number of morpholine rings is 1. The molecule has 28 heavy (non-hydrogen) atoms. The summed E-state index contributed by atoms with van der Waals surface area (Å²) in [6.07, 6.45) is 0. The first-order valence-corrected chi connectivity index (χ1v) is 10.8. The predicted octanol–water partition coefficient (Wildman–Crippen LogP) is 3.78. The first-order chi connectivity index (χ1) is 13.3. The largest absolute Gasteiger partial charge is 0.493 e. The van der Waals surface area contributed by atoms with Crippen molar-refractivity contribution in [3.05, 3.63) is 52.0 Å². The monoisotopic (exact) mass is 461 g/mol. The normalized spacial score (nSPS) is 14.6. The van der Waals surface area contributed by atoms with Crippen molar-refractivity contribution in [3.8, 4) is 11.5 Å². The molecule has 0 atom stereocenters. The van der Waals surface area contributed by atoms with Crippen LogP contribution in [0, 0.1) is 0 Å². The lowest BCUT2D eigenvalue weighted by Gasteiger charge is -2.29. The van der Waals surface area contributed by atoms with Crippen LogP contribution >= 0.6 is 35.4 Å². The van der Waals surface area contributed by atoms with E-state index in [2.05, 4.69) is 0 Å². The Bertz CT molecular complexity index is 974. The van der Waals surface area contributed by atoms with Crippen molar-refractivity contribution < 1.29 is 22.1 Å². The van der Waals surface area contributed by atoms with Crippen LogP contribution in [0.15, 0.2) is 41.3 Å². The quantitative estimate of drug-likeness (QED) is 0.495. The van der Waals surface area contributed by atoms with Gasteiger partial charge in [0.1, 0.15) is 9.88 Å². The molecule has 1 saturated heterocycles. The molecular weight excluding hydrogens is 445 g/mol. The van der Waals surface area contributed by atoms with Crippen LogP contribution in [-0.2, 0) is 14.9 Å². The third kappa shape index (κ3) is 4.69. The second-order valence-electron chi connectivity index (χ2n) is 5.89. The van der Waals surface area contributed by atoms with Gasteiger partial charge in [-0.2, -0.15) is 8.42 Å². The molecule has 0 saturated carbocycles. The highest BCUT2D eigenvalue weighted by Gasteiger charge is 2.24. The molecule has 1 fully saturated rings. The molecule has 0 spiro atoms. The number of hydrogen-bond donors (Lipinski definition) is 0. The van der Waals surface area contributed by atoms with Crippen LogP contribution in [0.5, 0.6) is 11.5 Å². The van der Waals surface area contributed by atoms with Crippen molar-refractivity contribution >= 4 is 50.5 Å². The minimum Gasteiger partial charge on any atom is -0.493 e. The van der Waals surface area contributed by atoms with Gasteiger partial charge in [-0.25, -0.2) is 0 Å². The van der Waals surface area contributed by atoms with Gasteiger partial charge in [0.2, 0.25) is 5.75 Å². The molecule has 6 nitrogen and oxygen atoms in total. The number of benzene rings is 2. The van der Waals surface area contributed by atoms with E-state index in [1.54, 1.807) is 12.1 Å². The highest BCUT2D eigenvalue weighted by molar-refractivity contribution is 7.87. The molecule has 10 heteroatoms. The van der Waals surface area contributed by atoms with Gasteiger partial charge in [-0.05, 0) is 36.4 Å². The van der Waals surface area contributed by atoms with Gasteiger partial charge >= 0.3 is 10.1 Å². The lowest BCUT2D eigenvalue weighted by atomic mass is 10.1. The Labute approximate surface area is 179 Å². The predicted molar refractivity (Wildman–Crippen MR) is 111 cm³/mol. The molecule has 0 amide bonds. The Kier molecular flexibility index (Phi) is 6.67. The molecule has 1 aliphatic rings. The van der Waals surface area contributed by atoms with E-state index in [0.717, 1.165) is 0 Å². The first-order valence-electron chi connectivity index (χ1n) is 8.26. The minimum atomic E-state index is -4.12. The highest BCUT2D eigenvalue weighted by Crippen LogP contribution is 2.38. The lowest BCUT2D eigenvalue weighted by Crippen LogP contribution is -2.40. The Morgan fingerprint density at radius 3 is 2.39 bits per heavy atom. The lowest BCUT2D eigenvalue weighted by molar-refractivity contribution is 0.0693. The van der Waals surface area contributed by atoms with Gasteiger partial charge in [-0.15, -0.1) is 0 Å². The zero-order chi connectivity index (χ0) is 20.3. The summed E-state index contributed by atoms with van der Waals surface area (Å²) < 4.78 is 41.0. The first kappa shape index (κ1) is 21.1. The van der Waals surface area contributed by atoms with Crippen LogP contribution in [0.25, 0.3) is 0 Å². The molecule has 0 aromatic heterocycles. The maximum atomic E-state index is 12.6. The third-order valence-electron chi connectivity index (χ3n) is 4.07. The van der Waals surface area contributed by atoms with E-state index in [4.69, 9.17) is 49.1 Å². The van der Waals surface area contributed by atoms with Crippen LogP contribution in [0.1, 0.15) is 5.56 Å². The van der Waals surface area contributed by atoms with Gasteiger partial charge in [0.25, 0.3) is 0 Å². The fourth-order valence-corrected chi connectivity index (χ4v) is 4.31. The van der Waals surface area contributed by atoms with Crippen molar-refractivity contribution in [2.45, 2.75) is 4.90 Å². The summed E-state index contributed by atoms with van der Waals surface area (Å²) in [6, 6.07) is 8.78. The summed E-state index contributed by atoms with van der Waals surface area (Å²) in [6.45, 7) is 2.51. The number of methoxy groups -OCH3 is 1. The molecule has 3 rings (SSSR count). The van der Waals surface area contributed by atoms with Crippen molar-refractivity contribution in [1.29, 1.82) is 0 Å². The van der Waals surface area contributed by atoms with Crippen LogP contribution in [0.4, 0.5) is 0 Å². The summed E-state index contributed by atoms with van der Waals surface area (Å²) in [5, 5.41) is 0.484. The van der Waals surface area contributed by atoms with Crippen molar-refractivity contribution in [1.82, 2.24) is 4.90 Å². The van der Waals surface area contributed by atoms with E-state index < -0.39 is 10.1 Å². The molecule has 0 radical (unpaired) electrons. The van der Waals surface area contributed by atoms with E-state index in [1.807, 2.05) is 4.90 Å². The summed E-state index contributed by atoms with van der Waals surface area (Å²) in [4.78, 5) is 2.52. The molecule has 1 aliphatic heterocycles. The van der Waals surface area contributed by atoms with E-state index in [-0.39, 0.29) is 21.4 Å². The maximum absolute atomic E-state index is 12.6. The fourth-order valence-electron chi connectivity index (χ4n) is 2.63. The van der Waals surface area contributed by atoms with Gasteiger partial charge in [-0.1, -0.05) is 35.4 Å². The van der Waals surface area contributed by atoms with Crippen LogP contribution < -0.4 is 8.92 Å². The Balaban J connectivity index is 1.91. The van der Waals surface area contributed by atoms with Gasteiger partial charge in [0.15, 0.2) is 5.75 Å². The Morgan fingerprint density at radius 1 is 1.14 bits per heavy atom. The molecule has 2 aromatic rings. The van der Waals surface area contributed by atoms with Crippen molar-refractivity contribution in [2.24, 2.45) is 0 Å². The SMILES string of the molecule is COc1cc(C(=S)N2CCOCC2)cc(Cl)c1OS(=O)(=O)c1ccc(Cl)cc1. The molecule has 1 heterocycles. The minimum absolute atomic E-state index is 0.0528. The highest BCUT2D eigenvalue weighted by atomic mass is 35.5. The van der Waals surface area contributed by atoms with Crippen molar-refractivity contribution in [2.75, 3.05) is 33.4 Å². The third-order valence-corrected chi connectivity index (χ3v) is 6.33.